The summed E-state index contributed by atoms with van der Waals surface area (Å²) in [6, 6.07) is 11.4. The third-order valence-corrected chi connectivity index (χ3v) is 17.7. The van der Waals surface area contributed by atoms with Crippen LogP contribution in [0.2, 0.25) is 0 Å². The topological polar surface area (TPSA) is 252 Å². The van der Waals surface area contributed by atoms with Crippen LogP contribution in [0.1, 0.15) is 121 Å². The van der Waals surface area contributed by atoms with Crippen LogP contribution in [0.5, 0.6) is 5.88 Å². The Morgan fingerprint density at radius 3 is 2.38 bits per heavy atom. The van der Waals surface area contributed by atoms with E-state index in [1.807, 2.05) is 12.1 Å². The largest absolute Gasteiger partial charge is 0.480 e. The zero-order chi connectivity index (χ0) is 56.5. The normalized spacial score (nSPS) is 23.3. The number of thiophene rings is 1. The summed E-state index contributed by atoms with van der Waals surface area (Å²) in [5.74, 6) is -2.60. The Morgan fingerprint density at radius 2 is 1.62 bits per heavy atom. The number of aryl methyl sites for hydroxylation is 1. The Labute approximate surface area is 453 Å². The highest BCUT2D eigenvalue weighted by molar-refractivity contribution is 7.46. The van der Waals surface area contributed by atoms with Gasteiger partial charge in [0.2, 0.25) is 11.8 Å². The lowest BCUT2D eigenvalue weighted by atomic mass is 9.91. The minimum atomic E-state index is -5.02. The number of anilines is 5. The first-order valence-electron chi connectivity index (χ1n) is 27.5. The molecule has 11 rings (SSSR count). The number of benzene rings is 1. The summed E-state index contributed by atoms with van der Waals surface area (Å²) in [7, 11) is -7.84. The molecule has 4 N–H and O–H groups in total. The number of pyridine rings is 3. The van der Waals surface area contributed by atoms with Gasteiger partial charge in [-0.2, -0.15) is 0 Å². The molecule has 5 aliphatic heterocycles. The van der Waals surface area contributed by atoms with Crippen molar-refractivity contribution in [1.29, 1.82) is 0 Å². The summed E-state index contributed by atoms with van der Waals surface area (Å²) in [6.45, 7) is 8.33. The molecular formula is C54H61N10O11PS. The van der Waals surface area contributed by atoms with Crippen LogP contribution in [-0.4, -0.2) is 145 Å². The predicted octanol–water partition coefficient (Wildman–Crippen LogP) is 6.24. The van der Waals surface area contributed by atoms with Gasteiger partial charge in [-0.25, -0.2) is 19.5 Å². The number of amides is 5. The number of aliphatic hydroxyl groups excluding tert-OH is 1. The van der Waals surface area contributed by atoms with Gasteiger partial charge in [0, 0.05) is 91.4 Å². The summed E-state index contributed by atoms with van der Waals surface area (Å²) in [6.07, 6.45) is 10.0. The lowest BCUT2D eigenvalue weighted by molar-refractivity contribution is -0.155. The van der Waals surface area contributed by atoms with Gasteiger partial charge in [-0.05, 0) is 131 Å². The zero-order valence-electron chi connectivity index (χ0n) is 45.8. The molecule has 5 amide bonds. The van der Waals surface area contributed by atoms with Gasteiger partial charge in [0.1, 0.15) is 30.1 Å². The number of fused-ring (bicyclic) bond motifs is 4. The lowest BCUT2D eigenvalue weighted by Crippen LogP contribution is -2.58. The molecular weight excluding hydrogens is 1030 g/mol. The van der Waals surface area contributed by atoms with Crippen molar-refractivity contribution in [2.45, 2.75) is 109 Å². The van der Waals surface area contributed by atoms with E-state index in [4.69, 9.17) is 23.6 Å². The first-order valence-corrected chi connectivity index (χ1v) is 28.4. The molecule has 5 aromatic rings. The number of nitrogens with zero attached hydrogens (tertiary/aromatic N) is 9. The maximum atomic E-state index is 14.2. The summed E-state index contributed by atoms with van der Waals surface area (Å²) < 4.78 is 44.7. The highest BCUT2D eigenvalue weighted by atomic mass is 32.1. The quantitative estimate of drug-likeness (QED) is 0.0753. The molecule has 4 aromatic heterocycles. The van der Waals surface area contributed by atoms with Gasteiger partial charge in [0.05, 0.1) is 45.1 Å². The van der Waals surface area contributed by atoms with Crippen LogP contribution in [0.4, 0.5) is 28.7 Å². The Hall–Kier alpha value is -6.65. The molecule has 0 spiro atoms. The number of carbonyl (C=O) groups excluding carboxylic acids is 5. The minimum Gasteiger partial charge on any atom is -0.480 e. The number of likely N-dealkylation sites (tertiary alicyclic amines) is 1. The van der Waals surface area contributed by atoms with Crippen LogP contribution in [0.25, 0.3) is 11.1 Å². The third kappa shape index (κ3) is 9.89. The Balaban J connectivity index is 0.737. The number of aromatic nitrogens is 3. The maximum absolute atomic E-state index is 14.2. The second-order valence-electron chi connectivity index (χ2n) is 20.6. The van der Waals surface area contributed by atoms with Crippen LogP contribution in [0.3, 0.4) is 0 Å². The molecule has 9 heterocycles. The van der Waals surface area contributed by atoms with Crippen LogP contribution in [0.15, 0.2) is 61.1 Å². The fourth-order valence-electron chi connectivity index (χ4n) is 12.2. The predicted molar refractivity (Wildman–Crippen MR) is 287 cm³/mol. The smallest absolute Gasteiger partial charge is 0.471 e. The highest BCUT2D eigenvalue weighted by Gasteiger charge is 2.48. The number of nitrogens with one attached hydrogen (secondary N) is 1. The molecule has 0 radical (unpaired) electrons. The molecule has 1 aromatic carbocycles. The van der Waals surface area contributed by atoms with Crippen LogP contribution < -0.4 is 24.8 Å². The zero-order valence-corrected chi connectivity index (χ0v) is 44.5. The average molecular weight is 1090 g/mol. The molecule has 21 nitrogen and oxygen atoms in total. The number of carbonyl (C=O) groups is 5. The summed E-state index contributed by atoms with van der Waals surface area (Å²) >= 11 is 1.58. The Kier molecular flexibility index (Phi) is 13.3. The second-order valence-corrected chi connectivity index (χ2v) is 23.0. The number of hydrogen-bond acceptors (Lipinski definition) is 17. The summed E-state index contributed by atoms with van der Waals surface area (Å²) in [4.78, 5) is 112. The summed E-state index contributed by atoms with van der Waals surface area (Å²) in [5, 5.41) is 14.6. The van der Waals surface area contributed by atoms with Gasteiger partial charge in [0.25, 0.3) is 23.6 Å². The number of imide groups is 2. The molecule has 1 aliphatic carbocycles. The number of phosphoric ester groups is 1. The van der Waals surface area contributed by atoms with E-state index in [9.17, 15) is 33.6 Å². The van der Waals surface area contributed by atoms with E-state index < -0.39 is 57.4 Å². The molecule has 0 bridgehead atoms. The SMILES string of the molecule is [2H]C([2H])([2H])Oc1ncc(-c2ccnc(N3CCc4c(sc5c4CCCC5)C3=O)c2[C@H](C)O)cc1Nc1ccc(N2CCN(C3CCN(c4ccc5c(c4)C(=O)N([C@H]4CCC(=O)N(COP(=O)(O)O)C4=O)C5=O)[C@H](C)C3)C[C@@H]2C)cn1. The lowest BCUT2D eigenvalue weighted by Gasteiger charge is -2.48. The molecule has 6 aliphatic rings. The average Bonchev–Trinajstić information content (AvgIpc) is 3.89. The van der Waals surface area contributed by atoms with E-state index in [0.717, 1.165) is 84.9 Å². The van der Waals surface area contributed by atoms with Crippen LogP contribution in [0, 0.1) is 0 Å². The van der Waals surface area contributed by atoms with Crippen molar-refractivity contribution in [2.24, 2.45) is 0 Å². The van der Waals surface area contributed by atoms with Gasteiger partial charge in [-0.1, -0.05) is 0 Å². The number of ether oxygens (including phenoxy) is 1. The molecule has 1 unspecified atom stereocenters. The Bertz CT molecular complexity index is 3360. The molecule has 404 valence electrons. The third-order valence-electron chi connectivity index (χ3n) is 16.0. The van der Waals surface area contributed by atoms with E-state index in [-0.39, 0.29) is 59.6 Å². The van der Waals surface area contributed by atoms with Crippen molar-refractivity contribution >= 4 is 77.4 Å². The van der Waals surface area contributed by atoms with Crippen molar-refractivity contribution in [1.82, 2.24) is 29.7 Å². The van der Waals surface area contributed by atoms with Gasteiger partial charge in [-0.15, -0.1) is 11.3 Å². The molecule has 0 saturated carbocycles. The number of methoxy groups -OCH3 is 1. The Morgan fingerprint density at radius 1 is 0.831 bits per heavy atom. The number of piperazine rings is 1. The fraction of sp³-hybridized carbons (Fsp3) is 0.444. The van der Waals surface area contributed by atoms with E-state index in [2.05, 4.69) is 48.4 Å². The molecule has 3 saturated heterocycles. The second kappa shape index (κ2) is 21.0. The number of rotatable bonds is 13. The first kappa shape index (κ1) is 48.7. The number of piperidine rings is 2. The number of phosphoric acid groups is 1. The van der Waals surface area contributed by atoms with E-state index in [1.54, 1.807) is 65.9 Å². The minimum absolute atomic E-state index is 0.0658. The first-order chi connectivity index (χ1) is 38.1. The van der Waals surface area contributed by atoms with Gasteiger partial charge in [0.15, 0.2) is 0 Å². The number of aliphatic hydroxyl groups is 1. The van der Waals surface area contributed by atoms with E-state index in [0.29, 0.717) is 52.7 Å². The summed E-state index contributed by atoms with van der Waals surface area (Å²) in [5.41, 5.74) is 6.14. The molecule has 5 atom stereocenters. The molecule has 3 fully saturated rings. The fourth-order valence-corrected chi connectivity index (χ4v) is 13.9. The van der Waals surface area contributed by atoms with Crippen molar-refractivity contribution in [3.63, 3.8) is 0 Å². The van der Waals surface area contributed by atoms with Crippen molar-refractivity contribution in [3.05, 3.63) is 98.6 Å². The van der Waals surface area contributed by atoms with E-state index >= 15 is 0 Å². The maximum Gasteiger partial charge on any atom is 0.471 e. The van der Waals surface area contributed by atoms with Crippen molar-refractivity contribution in [2.75, 3.05) is 66.5 Å². The van der Waals surface area contributed by atoms with Crippen molar-refractivity contribution < 1.29 is 56.8 Å². The van der Waals surface area contributed by atoms with Crippen molar-refractivity contribution in [3.8, 4) is 17.0 Å². The standard InChI is InChI=1S/C54H61N10O11PS/c1-30-23-34(16-19-60(30)35-9-11-40-41(25-35)52(68)64(51(40)67)43-12-14-46(66)63(53(43)69)29-75-76(71,72)73)59-21-22-61(31(2)28-59)36-10-13-45(56-27-36)58-42-24-33(26-57-50(42)74-4)37-15-18-55-49(47(37)32(3)65)62-20-17-39-38-7-5-6-8-44(38)77-48(39)54(62)70/h9-11,13,15,18,24-27,30-32,34,43,65H,5-8,12,14,16-17,19-23,28-29H2,1-4H3,(H,56,58)(H2,71,72,73)/t30-,31+,32+,34?,43+/m1/s1/i4D3. The highest BCUT2D eigenvalue weighted by Crippen LogP contribution is 2.43. The van der Waals surface area contributed by atoms with Gasteiger partial charge >= 0.3 is 7.82 Å². The molecule has 23 heteroatoms. The number of hydrogen-bond donors (Lipinski definition) is 4. The van der Waals surface area contributed by atoms with E-state index in [1.165, 1.54) is 16.6 Å². The van der Waals surface area contributed by atoms with Crippen LogP contribution >= 0.6 is 19.2 Å². The van der Waals surface area contributed by atoms with Crippen LogP contribution in [-0.2, 0) is 37.9 Å². The van der Waals surface area contributed by atoms with Gasteiger partial charge in [-0.3, -0.25) is 48.1 Å². The monoisotopic (exact) mass is 1090 g/mol. The van der Waals surface area contributed by atoms with Gasteiger partial charge < -0.3 is 34.7 Å². The molecule has 77 heavy (non-hydrogen) atoms.